The van der Waals surface area contributed by atoms with Crippen molar-refractivity contribution in [3.05, 3.63) is 87.9 Å². The van der Waals surface area contributed by atoms with Gasteiger partial charge in [0, 0.05) is 5.69 Å². The number of benzene rings is 3. The van der Waals surface area contributed by atoms with Crippen LogP contribution in [0.3, 0.4) is 0 Å². The molecule has 1 fully saturated rings. The molecule has 0 saturated carbocycles. The molecule has 1 aliphatic heterocycles. The standard InChI is InChI=1S/C28H24BrN3O6/c1-3-37-23-15-18(13-21-26(34)31-28(36)32(27(21)35)20-7-5-4-6-8-20)14-22(29)25(23)38-16-24(33)30-19-11-9-17(2)10-12-19/h4-15H,3,16H2,1-2H3,(H,30,33)(H,31,34,36)/b21-13+. The summed E-state index contributed by atoms with van der Waals surface area (Å²) in [5.74, 6) is -1.34. The zero-order chi connectivity index (χ0) is 27.2. The molecular formula is C28H24BrN3O6. The fraction of sp³-hybridized carbons (Fsp3) is 0.143. The van der Waals surface area contributed by atoms with Gasteiger partial charge in [-0.05, 0) is 77.8 Å². The zero-order valence-electron chi connectivity index (χ0n) is 20.6. The molecule has 0 unspecified atom stereocenters. The van der Waals surface area contributed by atoms with Crippen LogP contribution in [0, 0.1) is 6.92 Å². The van der Waals surface area contributed by atoms with Gasteiger partial charge in [0.25, 0.3) is 17.7 Å². The van der Waals surface area contributed by atoms with Crippen LogP contribution in [-0.2, 0) is 14.4 Å². The number of ether oxygens (including phenoxy) is 2. The van der Waals surface area contributed by atoms with E-state index in [4.69, 9.17) is 9.47 Å². The van der Waals surface area contributed by atoms with Crippen LogP contribution < -0.4 is 25.0 Å². The van der Waals surface area contributed by atoms with Crippen LogP contribution in [0.25, 0.3) is 6.08 Å². The van der Waals surface area contributed by atoms with Gasteiger partial charge in [0.2, 0.25) is 0 Å². The molecule has 5 amide bonds. The predicted molar refractivity (Wildman–Crippen MR) is 146 cm³/mol. The van der Waals surface area contributed by atoms with E-state index >= 15 is 0 Å². The van der Waals surface area contributed by atoms with Crippen LogP contribution in [0.1, 0.15) is 18.1 Å². The second-order valence-electron chi connectivity index (χ2n) is 8.26. The van der Waals surface area contributed by atoms with Crippen molar-refractivity contribution >= 4 is 57.1 Å². The summed E-state index contributed by atoms with van der Waals surface area (Å²) in [5, 5.41) is 4.96. The number of carbonyl (C=O) groups excluding carboxylic acids is 4. The van der Waals surface area contributed by atoms with E-state index in [0.717, 1.165) is 10.5 Å². The van der Waals surface area contributed by atoms with Crippen LogP contribution >= 0.6 is 15.9 Å². The lowest BCUT2D eigenvalue weighted by Crippen LogP contribution is -2.54. The first-order valence-corrected chi connectivity index (χ1v) is 12.5. The molecule has 1 aliphatic rings. The highest BCUT2D eigenvalue weighted by Crippen LogP contribution is 2.38. The van der Waals surface area contributed by atoms with Crippen molar-refractivity contribution in [2.75, 3.05) is 23.4 Å². The maximum atomic E-state index is 13.1. The van der Waals surface area contributed by atoms with Gasteiger partial charge in [0.05, 0.1) is 16.8 Å². The number of rotatable bonds is 8. The summed E-state index contributed by atoms with van der Waals surface area (Å²) in [6.07, 6.45) is 1.36. The van der Waals surface area contributed by atoms with Crippen LogP contribution in [0.2, 0.25) is 0 Å². The van der Waals surface area contributed by atoms with Gasteiger partial charge in [-0.15, -0.1) is 0 Å². The predicted octanol–water partition coefficient (Wildman–Crippen LogP) is 4.84. The molecule has 9 nitrogen and oxygen atoms in total. The normalized spacial score (nSPS) is 14.3. The Morgan fingerprint density at radius 1 is 1.03 bits per heavy atom. The smallest absolute Gasteiger partial charge is 0.335 e. The second kappa shape index (κ2) is 11.7. The molecule has 0 spiro atoms. The lowest BCUT2D eigenvalue weighted by molar-refractivity contribution is -0.122. The van der Waals surface area contributed by atoms with Crippen molar-refractivity contribution in [1.82, 2.24) is 5.32 Å². The molecule has 0 atom stereocenters. The fourth-order valence-electron chi connectivity index (χ4n) is 3.68. The summed E-state index contributed by atoms with van der Waals surface area (Å²) in [7, 11) is 0. The van der Waals surface area contributed by atoms with E-state index in [2.05, 4.69) is 26.6 Å². The number of urea groups is 1. The molecule has 1 saturated heterocycles. The molecule has 1 heterocycles. The number of aryl methyl sites for hydroxylation is 1. The average Bonchev–Trinajstić information content (AvgIpc) is 2.88. The van der Waals surface area contributed by atoms with Crippen molar-refractivity contribution in [1.29, 1.82) is 0 Å². The number of anilines is 2. The summed E-state index contributed by atoms with van der Waals surface area (Å²) in [5.41, 5.74) is 2.27. The topological polar surface area (TPSA) is 114 Å². The maximum absolute atomic E-state index is 13.1. The largest absolute Gasteiger partial charge is 0.490 e. The number of barbiturate groups is 1. The Bertz CT molecular complexity index is 1420. The van der Waals surface area contributed by atoms with Crippen molar-refractivity contribution in [2.45, 2.75) is 13.8 Å². The summed E-state index contributed by atoms with van der Waals surface area (Å²) < 4.78 is 11.9. The van der Waals surface area contributed by atoms with Crippen LogP contribution in [0.15, 0.2) is 76.8 Å². The third-order valence-electron chi connectivity index (χ3n) is 5.44. The third kappa shape index (κ3) is 6.09. The van der Waals surface area contributed by atoms with Crippen molar-refractivity contribution in [3.8, 4) is 11.5 Å². The summed E-state index contributed by atoms with van der Waals surface area (Å²) in [4.78, 5) is 51.4. The van der Waals surface area contributed by atoms with Crippen LogP contribution in [0.5, 0.6) is 11.5 Å². The summed E-state index contributed by atoms with van der Waals surface area (Å²) in [6, 6.07) is 18.0. The molecule has 2 N–H and O–H groups in total. The molecule has 0 bridgehead atoms. The van der Waals surface area contributed by atoms with Crippen LogP contribution in [-0.4, -0.2) is 37.0 Å². The number of nitrogens with zero attached hydrogens (tertiary/aromatic N) is 1. The monoisotopic (exact) mass is 577 g/mol. The number of imide groups is 2. The maximum Gasteiger partial charge on any atom is 0.335 e. The molecule has 3 aromatic carbocycles. The molecule has 0 aliphatic carbocycles. The first-order chi connectivity index (χ1) is 18.3. The number of para-hydroxylation sites is 1. The fourth-order valence-corrected chi connectivity index (χ4v) is 4.26. The van der Waals surface area contributed by atoms with Gasteiger partial charge in [-0.2, -0.15) is 0 Å². The van der Waals surface area contributed by atoms with Gasteiger partial charge < -0.3 is 14.8 Å². The number of carbonyl (C=O) groups is 4. The highest BCUT2D eigenvalue weighted by Gasteiger charge is 2.36. The van der Waals surface area contributed by atoms with Gasteiger partial charge in [-0.3, -0.25) is 19.7 Å². The summed E-state index contributed by atoms with van der Waals surface area (Å²) in [6.45, 7) is 3.76. The molecule has 4 rings (SSSR count). The van der Waals surface area contributed by atoms with Gasteiger partial charge in [0.1, 0.15) is 5.57 Å². The van der Waals surface area contributed by atoms with Gasteiger partial charge in [-0.1, -0.05) is 35.9 Å². The first-order valence-electron chi connectivity index (χ1n) is 11.7. The lowest BCUT2D eigenvalue weighted by Gasteiger charge is -2.26. The number of hydrogen-bond donors (Lipinski definition) is 2. The minimum Gasteiger partial charge on any atom is -0.490 e. The second-order valence-corrected chi connectivity index (χ2v) is 9.11. The highest BCUT2D eigenvalue weighted by molar-refractivity contribution is 9.10. The van der Waals surface area contributed by atoms with E-state index in [1.165, 1.54) is 6.08 Å². The van der Waals surface area contributed by atoms with E-state index in [1.54, 1.807) is 61.5 Å². The lowest BCUT2D eigenvalue weighted by atomic mass is 10.1. The van der Waals surface area contributed by atoms with E-state index in [9.17, 15) is 19.2 Å². The molecule has 0 radical (unpaired) electrons. The Morgan fingerprint density at radius 3 is 2.42 bits per heavy atom. The molecular weight excluding hydrogens is 554 g/mol. The van der Waals surface area contributed by atoms with Crippen LogP contribution in [0.4, 0.5) is 16.2 Å². The number of amides is 5. The zero-order valence-corrected chi connectivity index (χ0v) is 22.2. The highest BCUT2D eigenvalue weighted by atomic mass is 79.9. The minimum absolute atomic E-state index is 0.228. The van der Waals surface area contributed by atoms with E-state index in [-0.39, 0.29) is 23.8 Å². The first kappa shape index (κ1) is 26.6. The molecule has 194 valence electrons. The van der Waals surface area contributed by atoms with Gasteiger partial charge >= 0.3 is 6.03 Å². The minimum atomic E-state index is -0.827. The SMILES string of the molecule is CCOc1cc(/C=C2\C(=O)NC(=O)N(c3ccccc3)C2=O)cc(Br)c1OCC(=O)Nc1ccc(C)cc1. The Kier molecular flexibility index (Phi) is 8.22. The number of halogens is 1. The Hall–Kier alpha value is -4.44. The third-order valence-corrected chi connectivity index (χ3v) is 6.03. The van der Waals surface area contributed by atoms with Crippen molar-refractivity contribution in [3.63, 3.8) is 0 Å². The molecule has 0 aromatic heterocycles. The quantitative estimate of drug-likeness (QED) is 0.292. The van der Waals surface area contributed by atoms with Gasteiger partial charge in [0.15, 0.2) is 18.1 Å². The van der Waals surface area contributed by atoms with Crippen molar-refractivity contribution in [2.24, 2.45) is 0 Å². The Balaban J connectivity index is 1.57. The Labute approximate surface area is 227 Å². The molecule has 10 heteroatoms. The van der Waals surface area contributed by atoms with E-state index in [1.807, 2.05) is 19.1 Å². The Morgan fingerprint density at radius 2 is 1.74 bits per heavy atom. The number of hydrogen-bond acceptors (Lipinski definition) is 6. The number of nitrogens with one attached hydrogen (secondary N) is 2. The van der Waals surface area contributed by atoms with Gasteiger partial charge in [-0.25, -0.2) is 9.69 Å². The molecule has 38 heavy (non-hydrogen) atoms. The average molecular weight is 578 g/mol. The molecule has 3 aromatic rings. The van der Waals surface area contributed by atoms with Crippen molar-refractivity contribution < 1.29 is 28.7 Å². The van der Waals surface area contributed by atoms with E-state index < -0.39 is 17.8 Å². The summed E-state index contributed by atoms with van der Waals surface area (Å²) >= 11 is 3.43. The van der Waals surface area contributed by atoms with E-state index in [0.29, 0.717) is 33.8 Å².